The van der Waals surface area contributed by atoms with Crippen LogP contribution in [0.15, 0.2) is 42.5 Å². The highest BCUT2D eigenvalue weighted by Crippen LogP contribution is 2.25. The zero-order chi connectivity index (χ0) is 20.1. The molecule has 3 N–H and O–H groups in total. The lowest BCUT2D eigenvalue weighted by Crippen LogP contribution is -2.46. The van der Waals surface area contributed by atoms with E-state index in [2.05, 4.69) is 5.32 Å². The van der Waals surface area contributed by atoms with Gasteiger partial charge in [-0.25, -0.2) is 4.39 Å². The number of hydrogen-bond donors (Lipinski definition) is 2. The van der Waals surface area contributed by atoms with Gasteiger partial charge in [0.1, 0.15) is 5.82 Å². The molecule has 148 valence electrons. The fourth-order valence-corrected chi connectivity index (χ4v) is 3.50. The molecule has 6 heteroatoms. The molecule has 2 aromatic rings. The fourth-order valence-electron chi connectivity index (χ4n) is 3.50. The quantitative estimate of drug-likeness (QED) is 0.834. The van der Waals surface area contributed by atoms with E-state index in [1.54, 1.807) is 11.0 Å². The number of carbonyl (C=O) groups is 2. The van der Waals surface area contributed by atoms with Gasteiger partial charge in [-0.15, -0.1) is 0 Å². The molecular formula is C22H26FN3O2. The van der Waals surface area contributed by atoms with Gasteiger partial charge in [-0.2, -0.15) is 0 Å². The second-order valence-corrected chi connectivity index (χ2v) is 7.23. The molecule has 0 saturated carbocycles. The maximum atomic E-state index is 14.7. The topological polar surface area (TPSA) is 75.4 Å². The Morgan fingerprint density at radius 1 is 1.18 bits per heavy atom. The van der Waals surface area contributed by atoms with Crippen LogP contribution in [-0.2, 0) is 4.79 Å². The predicted octanol–water partition coefficient (Wildman–Crippen LogP) is 2.73. The lowest BCUT2D eigenvalue weighted by molar-refractivity contribution is -0.126. The molecule has 5 nitrogen and oxygen atoms in total. The minimum atomic E-state index is -0.544. The number of nitrogens with one attached hydrogen (secondary N) is 1. The van der Waals surface area contributed by atoms with Gasteiger partial charge in [-0.05, 0) is 43.0 Å². The van der Waals surface area contributed by atoms with Crippen LogP contribution in [0.5, 0.6) is 0 Å². The summed E-state index contributed by atoms with van der Waals surface area (Å²) in [6.45, 7) is 3.61. The van der Waals surface area contributed by atoms with E-state index in [4.69, 9.17) is 5.73 Å². The molecular weight excluding hydrogens is 357 g/mol. The molecule has 2 aromatic carbocycles. The van der Waals surface area contributed by atoms with Crippen LogP contribution in [0.1, 0.15) is 28.8 Å². The van der Waals surface area contributed by atoms with Gasteiger partial charge < -0.3 is 16.0 Å². The highest BCUT2D eigenvalue weighted by Gasteiger charge is 2.29. The first-order valence-electron chi connectivity index (χ1n) is 9.63. The third-order valence-corrected chi connectivity index (χ3v) is 5.11. The molecule has 1 aliphatic heterocycles. The van der Waals surface area contributed by atoms with Crippen molar-refractivity contribution in [3.05, 3.63) is 59.4 Å². The SMILES string of the molecule is Cc1ccc(-c2ccc(C(=O)N3CCCC(C(=O)NCCN)C3)c(F)c2)cc1. The average Bonchev–Trinajstić information content (AvgIpc) is 2.72. The van der Waals surface area contributed by atoms with Crippen molar-refractivity contribution < 1.29 is 14.0 Å². The van der Waals surface area contributed by atoms with E-state index in [0.717, 1.165) is 29.5 Å². The second-order valence-electron chi connectivity index (χ2n) is 7.23. The molecule has 1 fully saturated rings. The molecule has 1 heterocycles. The minimum absolute atomic E-state index is 0.0406. The third-order valence-electron chi connectivity index (χ3n) is 5.11. The first-order chi connectivity index (χ1) is 13.5. The van der Waals surface area contributed by atoms with Crippen molar-refractivity contribution in [3.8, 4) is 11.1 Å². The van der Waals surface area contributed by atoms with Crippen LogP contribution in [0.2, 0.25) is 0 Å². The molecule has 0 aliphatic carbocycles. The second kappa shape index (κ2) is 8.97. The number of nitrogens with zero attached hydrogens (tertiary/aromatic N) is 1. The van der Waals surface area contributed by atoms with E-state index < -0.39 is 5.82 Å². The van der Waals surface area contributed by atoms with Crippen molar-refractivity contribution in [2.75, 3.05) is 26.2 Å². The fraction of sp³-hybridized carbons (Fsp3) is 0.364. The van der Waals surface area contributed by atoms with Gasteiger partial charge in [0.05, 0.1) is 11.5 Å². The van der Waals surface area contributed by atoms with Gasteiger partial charge >= 0.3 is 0 Å². The smallest absolute Gasteiger partial charge is 0.256 e. The zero-order valence-corrected chi connectivity index (χ0v) is 16.1. The number of piperidine rings is 1. The number of amides is 2. The van der Waals surface area contributed by atoms with Crippen molar-refractivity contribution in [1.29, 1.82) is 0 Å². The predicted molar refractivity (Wildman–Crippen MR) is 107 cm³/mol. The van der Waals surface area contributed by atoms with E-state index in [-0.39, 0.29) is 23.3 Å². The van der Waals surface area contributed by atoms with Crippen LogP contribution < -0.4 is 11.1 Å². The Hall–Kier alpha value is -2.73. The van der Waals surface area contributed by atoms with Gasteiger partial charge in [-0.3, -0.25) is 9.59 Å². The Bertz CT molecular complexity index is 851. The molecule has 1 saturated heterocycles. The summed E-state index contributed by atoms with van der Waals surface area (Å²) >= 11 is 0. The monoisotopic (exact) mass is 383 g/mol. The van der Waals surface area contributed by atoms with Crippen molar-refractivity contribution in [1.82, 2.24) is 10.2 Å². The number of aryl methyl sites for hydroxylation is 1. The molecule has 28 heavy (non-hydrogen) atoms. The van der Waals surface area contributed by atoms with Crippen LogP contribution >= 0.6 is 0 Å². The first kappa shape index (κ1) is 20.0. The summed E-state index contributed by atoms with van der Waals surface area (Å²) in [7, 11) is 0. The summed E-state index contributed by atoms with van der Waals surface area (Å²) in [6.07, 6.45) is 1.44. The standard InChI is InChI=1S/C22H26FN3O2/c1-15-4-6-16(7-5-15)17-8-9-19(20(23)13-17)22(28)26-12-2-3-18(14-26)21(27)25-11-10-24/h4-9,13,18H,2-3,10-12,14,24H2,1H3,(H,25,27). The largest absolute Gasteiger partial charge is 0.355 e. The number of halogens is 1. The summed E-state index contributed by atoms with van der Waals surface area (Å²) in [4.78, 5) is 26.6. The Kier molecular flexibility index (Phi) is 6.41. The van der Waals surface area contributed by atoms with E-state index >= 15 is 0 Å². The molecule has 3 rings (SSSR count). The van der Waals surface area contributed by atoms with Crippen molar-refractivity contribution in [3.63, 3.8) is 0 Å². The minimum Gasteiger partial charge on any atom is -0.355 e. The Morgan fingerprint density at radius 2 is 1.89 bits per heavy atom. The van der Waals surface area contributed by atoms with Crippen molar-refractivity contribution >= 4 is 11.8 Å². The van der Waals surface area contributed by atoms with Gasteiger partial charge in [0, 0.05) is 26.2 Å². The average molecular weight is 383 g/mol. The van der Waals surface area contributed by atoms with Crippen LogP contribution in [0.3, 0.4) is 0 Å². The lowest BCUT2D eigenvalue weighted by Gasteiger charge is -2.32. The van der Waals surface area contributed by atoms with Gasteiger partial charge in [-0.1, -0.05) is 35.9 Å². The molecule has 1 atom stereocenters. The number of nitrogens with two attached hydrogens (primary N) is 1. The third kappa shape index (κ3) is 4.57. The van der Waals surface area contributed by atoms with Gasteiger partial charge in [0.15, 0.2) is 0 Å². The van der Waals surface area contributed by atoms with Crippen LogP contribution in [0, 0.1) is 18.7 Å². The Labute approximate surface area is 164 Å². The van der Waals surface area contributed by atoms with E-state index in [1.165, 1.54) is 12.1 Å². The van der Waals surface area contributed by atoms with E-state index in [1.807, 2.05) is 31.2 Å². The maximum absolute atomic E-state index is 14.7. The summed E-state index contributed by atoms with van der Waals surface area (Å²) in [6, 6.07) is 12.5. The highest BCUT2D eigenvalue weighted by molar-refractivity contribution is 5.95. The molecule has 2 amide bonds. The van der Waals surface area contributed by atoms with Crippen molar-refractivity contribution in [2.24, 2.45) is 11.7 Å². The number of likely N-dealkylation sites (tertiary alicyclic amines) is 1. The molecule has 0 aromatic heterocycles. The molecule has 1 aliphatic rings. The lowest BCUT2D eigenvalue weighted by atomic mass is 9.96. The van der Waals surface area contributed by atoms with E-state index in [9.17, 15) is 14.0 Å². The Morgan fingerprint density at radius 3 is 2.57 bits per heavy atom. The number of carbonyl (C=O) groups excluding carboxylic acids is 2. The van der Waals surface area contributed by atoms with Crippen molar-refractivity contribution in [2.45, 2.75) is 19.8 Å². The number of rotatable bonds is 5. The molecule has 0 bridgehead atoms. The van der Waals surface area contributed by atoms with Crippen LogP contribution in [0.4, 0.5) is 4.39 Å². The zero-order valence-electron chi connectivity index (χ0n) is 16.1. The Balaban J connectivity index is 1.73. The molecule has 0 radical (unpaired) electrons. The highest BCUT2D eigenvalue weighted by atomic mass is 19.1. The van der Waals surface area contributed by atoms with Gasteiger partial charge in [0.2, 0.25) is 5.91 Å². The molecule has 0 spiro atoms. The summed E-state index contributed by atoms with van der Waals surface area (Å²) in [5.41, 5.74) is 8.22. The summed E-state index contributed by atoms with van der Waals surface area (Å²) in [5.74, 6) is -1.29. The summed E-state index contributed by atoms with van der Waals surface area (Å²) in [5, 5.41) is 2.77. The van der Waals surface area contributed by atoms with E-state index in [0.29, 0.717) is 26.2 Å². The molecule has 1 unspecified atom stereocenters. The summed E-state index contributed by atoms with van der Waals surface area (Å²) < 4.78 is 14.7. The van der Waals surface area contributed by atoms with Crippen LogP contribution in [0.25, 0.3) is 11.1 Å². The first-order valence-corrected chi connectivity index (χ1v) is 9.63. The maximum Gasteiger partial charge on any atom is 0.256 e. The number of hydrogen-bond acceptors (Lipinski definition) is 3. The number of benzene rings is 2. The normalized spacial score (nSPS) is 16.7. The van der Waals surface area contributed by atoms with Gasteiger partial charge in [0.25, 0.3) is 5.91 Å². The van der Waals surface area contributed by atoms with Crippen LogP contribution in [-0.4, -0.2) is 42.9 Å².